The highest BCUT2D eigenvalue weighted by Crippen LogP contribution is 2.43. The Balaban J connectivity index is 1.72. The highest BCUT2D eigenvalue weighted by molar-refractivity contribution is 7.73. The molecule has 0 N–H and O–H groups in total. The van der Waals surface area contributed by atoms with Crippen LogP contribution in [-0.2, 0) is 0 Å². The molecule has 0 aliphatic heterocycles. The smallest absolute Gasteiger partial charge is 0.0994 e. The number of benzene rings is 3. The third kappa shape index (κ3) is 3.34. The van der Waals surface area contributed by atoms with Crippen molar-refractivity contribution < 1.29 is 0 Å². The van der Waals surface area contributed by atoms with Crippen molar-refractivity contribution >= 4 is 24.1 Å². The van der Waals surface area contributed by atoms with Crippen molar-refractivity contribution in [3.05, 3.63) is 102 Å². The molecule has 1 atom stereocenters. The number of fused-ring (bicyclic) bond motifs is 1. The van der Waals surface area contributed by atoms with Gasteiger partial charge in [-0.3, -0.25) is 0 Å². The second kappa shape index (κ2) is 7.69. The summed E-state index contributed by atoms with van der Waals surface area (Å²) in [5.41, 5.74) is 3.26. The predicted molar refractivity (Wildman–Crippen MR) is 111 cm³/mol. The molecular formula is C24H20NP. The van der Waals surface area contributed by atoms with Crippen LogP contribution in [0.4, 0.5) is 0 Å². The summed E-state index contributed by atoms with van der Waals surface area (Å²) in [5, 5.41) is 12.3. The van der Waals surface area contributed by atoms with E-state index in [1.807, 2.05) is 6.07 Å². The minimum atomic E-state index is -0.429. The summed E-state index contributed by atoms with van der Waals surface area (Å²) >= 11 is 0. The Kier molecular flexibility index (Phi) is 4.96. The Morgan fingerprint density at radius 1 is 0.808 bits per heavy atom. The molecule has 3 aromatic rings. The largest absolute Gasteiger partial charge is 0.192 e. The lowest BCUT2D eigenvalue weighted by atomic mass is 9.84. The zero-order valence-corrected chi connectivity index (χ0v) is 15.4. The topological polar surface area (TPSA) is 23.8 Å². The highest BCUT2D eigenvalue weighted by atomic mass is 31.1. The van der Waals surface area contributed by atoms with Crippen LogP contribution in [0.25, 0.3) is 5.57 Å². The Labute approximate surface area is 156 Å². The third-order valence-corrected chi connectivity index (χ3v) is 7.61. The van der Waals surface area contributed by atoms with Crippen LogP contribution in [0.3, 0.4) is 0 Å². The first kappa shape index (κ1) is 16.8. The van der Waals surface area contributed by atoms with E-state index in [-0.39, 0.29) is 0 Å². The molecule has 2 heteroatoms. The van der Waals surface area contributed by atoms with E-state index in [0.717, 1.165) is 23.7 Å². The molecule has 0 fully saturated rings. The Morgan fingerprint density at radius 2 is 1.38 bits per heavy atom. The van der Waals surface area contributed by atoms with Crippen LogP contribution in [0, 0.1) is 11.3 Å². The fraction of sp³-hybridized carbons (Fsp3) is 0.125. The van der Waals surface area contributed by atoms with E-state index in [1.54, 1.807) is 0 Å². The van der Waals surface area contributed by atoms with Crippen LogP contribution >= 0.6 is 7.92 Å². The molecule has 1 unspecified atom stereocenters. The second-order valence-electron chi connectivity index (χ2n) is 6.53. The number of hydrogen-bond acceptors (Lipinski definition) is 1. The first-order valence-electron chi connectivity index (χ1n) is 8.94. The molecule has 0 amide bonds. The summed E-state index contributed by atoms with van der Waals surface area (Å²) in [6, 6.07) is 32.5. The predicted octanol–water partition coefficient (Wildman–Crippen LogP) is 5.21. The van der Waals surface area contributed by atoms with Gasteiger partial charge in [-0.1, -0.05) is 91.0 Å². The fourth-order valence-electron chi connectivity index (χ4n) is 3.67. The molecule has 4 rings (SSSR count). The van der Waals surface area contributed by atoms with Crippen molar-refractivity contribution in [3.63, 3.8) is 0 Å². The highest BCUT2D eigenvalue weighted by Gasteiger charge is 2.25. The number of hydrogen-bond donors (Lipinski definition) is 0. The molecule has 1 aliphatic carbocycles. The van der Waals surface area contributed by atoms with Crippen molar-refractivity contribution in [2.45, 2.75) is 12.3 Å². The van der Waals surface area contributed by atoms with Gasteiger partial charge in [0.15, 0.2) is 0 Å². The first-order valence-corrected chi connectivity index (χ1v) is 10.5. The normalized spacial score (nSPS) is 15.8. The molecular weight excluding hydrogens is 333 g/mol. The van der Waals surface area contributed by atoms with Crippen LogP contribution in [0.2, 0.25) is 0 Å². The maximum absolute atomic E-state index is 9.45. The van der Waals surface area contributed by atoms with Crippen molar-refractivity contribution in [1.82, 2.24) is 0 Å². The van der Waals surface area contributed by atoms with Gasteiger partial charge in [-0.2, -0.15) is 5.26 Å². The standard InChI is InChI=1S/C24H20NP/c25-17-19-15-16-20(24-14-8-7-13-23(19)24)18-26(21-9-3-1-4-10-21)22-11-5-2-6-12-22/h1-15,20H,16,18H2. The zero-order valence-electron chi connectivity index (χ0n) is 14.5. The van der Waals surface area contributed by atoms with Crippen molar-refractivity contribution in [1.29, 1.82) is 5.26 Å². The number of nitriles is 1. The molecule has 0 saturated carbocycles. The van der Waals surface area contributed by atoms with E-state index < -0.39 is 7.92 Å². The lowest BCUT2D eigenvalue weighted by molar-refractivity contribution is 0.778. The summed E-state index contributed by atoms with van der Waals surface area (Å²) in [5.74, 6) is 0.454. The SMILES string of the molecule is N#CC1=CCC(CP(c2ccccc2)c2ccccc2)c2ccccc21. The average molecular weight is 353 g/mol. The average Bonchev–Trinajstić information content (AvgIpc) is 2.73. The minimum Gasteiger partial charge on any atom is -0.192 e. The molecule has 0 heterocycles. The molecule has 26 heavy (non-hydrogen) atoms. The Morgan fingerprint density at radius 3 is 2.00 bits per heavy atom. The monoisotopic (exact) mass is 353 g/mol. The summed E-state index contributed by atoms with van der Waals surface area (Å²) in [7, 11) is -0.429. The third-order valence-electron chi connectivity index (χ3n) is 4.96. The number of allylic oxidation sites excluding steroid dienone is 2. The van der Waals surface area contributed by atoms with Gasteiger partial charge in [0.1, 0.15) is 0 Å². The van der Waals surface area contributed by atoms with Crippen molar-refractivity contribution in [2.24, 2.45) is 0 Å². The molecule has 1 nitrogen and oxygen atoms in total. The van der Waals surface area contributed by atoms with Crippen LogP contribution in [0.5, 0.6) is 0 Å². The molecule has 1 aliphatic rings. The van der Waals surface area contributed by atoms with Gasteiger partial charge in [0.25, 0.3) is 0 Å². The van der Waals surface area contributed by atoms with Gasteiger partial charge in [0.05, 0.1) is 11.6 Å². The molecule has 3 aromatic carbocycles. The van der Waals surface area contributed by atoms with Gasteiger partial charge >= 0.3 is 0 Å². The van der Waals surface area contributed by atoms with Crippen molar-refractivity contribution in [2.75, 3.05) is 6.16 Å². The van der Waals surface area contributed by atoms with E-state index in [2.05, 4.69) is 91.0 Å². The number of nitrogens with zero attached hydrogens (tertiary/aromatic N) is 1. The van der Waals surface area contributed by atoms with Gasteiger partial charge in [0.2, 0.25) is 0 Å². The molecule has 0 spiro atoms. The van der Waals surface area contributed by atoms with Crippen LogP contribution in [0.15, 0.2) is 91.0 Å². The van der Waals surface area contributed by atoms with Crippen LogP contribution in [0.1, 0.15) is 23.5 Å². The van der Waals surface area contributed by atoms with Gasteiger partial charge in [0, 0.05) is 0 Å². The molecule has 0 saturated heterocycles. The molecule has 0 bridgehead atoms. The van der Waals surface area contributed by atoms with Gasteiger partial charge in [-0.25, -0.2) is 0 Å². The van der Waals surface area contributed by atoms with E-state index >= 15 is 0 Å². The maximum atomic E-state index is 9.45. The summed E-state index contributed by atoms with van der Waals surface area (Å²) in [4.78, 5) is 0. The summed E-state index contributed by atoms with van der Waals surface area (Å²) in [6.07, 6.45) is 4.17. The quantitative estimate of drug-likeness (QED) is 0.591. The first-order chi connectivity index (χ1) is 12.9. The van der Waals surface area contributed by atoms with E-state index in [4.69, 9.17) is 0 Å². The van der Waals surface area contributed by atoms with Gasteiger partial charge < -0.3 is 0 Å². The Bertz CT molecular complexity index is 915. The fourth-order valence-corrected chi connectivity index (χ4v) is 6.24. The molecule has 0 aromatic heterocycles. The second-order valence-corrected chi connectivity index (χ2v) is 8.79. The van der Waals surface area contributed by atoms with E-state index in [9.17, 15) is 5.26 Å². The zero-order chi connectivity index (χ0) is 17.8. The van der Waals surface area contributed by atoms with E-state index in [0.29, 0.717) is 5.92 Å². The Hall–Kier alpha value is -2.68. The van der Waals surface area contributed by atoms with Crippen LogP contribution < -0.4 is 10.6 Å². The van der Waals surface area contributed by atoms with E-state index in [1.165, 1.54) is 16.2 Å². The van der Waals surface area contributed by atoms with Gasteiger partial charge in [-0.15, -0.1) is 0 Å². The molecule has 126 valence electrons. The summed E-state index contributed by atoms with van der Waals surface area (Å²) in [6.45, 7) is 0. The minimum absolute atomic E-state index is 0.429. The van der Waals surface area contributed by atoms with Gasteiger partial charge in [-0.05, 0) is 48.2 Å². The maximum Gasteiger partial charge on any atom is 0.0994 e. The van der Waals surface area contributed by atoms with Crippen LogP contribution in [-0.4, -0.2) is 6.16 Å². The lowest BCUT2D eigenvalue weighted by Gasteiger charge is -2.28. The lowest BCUT2D eigenvalue weighted by Crippen LogP contribution is -2.19. The molecule has 0 radical (unpaired) electrons. The summed E-state index contributed by atoms with van der Waals surface area (Å²) < 4.78 is 0. The number of rotatable bonds is 4. The van der Waals surface area contributed by atoms with Crippen molar-refractivity contribution in [3.8, 4) is 6.07 Å².